The molecule has 3 saturated heterocycles. The third-order valence-electron chi connectivity index (χ3n) is 8.00. The Kier molecular flexibility index (Phi) is 7.01. The highest BCUT2D eigenvalue weighted by Crippen LogP contribution is 2.40. The van der Waals surface area contributed by atoms with Crippen molar-refractivity contribution in [2.24, 2.45) is 11.8 Å². The van der Waals surface area contributed by atoms with E-state index in [-0.39, 0.29) is 13.1 Å². The number of anilines is 1. The van der Waals surface area contributed by atoms with E-state index in [0.29, 0.717) is 31.5 Å². The number of piperazine rings is 1. The molecule has 2 unspecified atom stereocenters. The Morgan fingerprint density at radius 2 is 1.54 bits per heavy atom. The summed E-state index contributed by atoms with van der Waals surface area (Å²) in [7, 11) is 0. The van der Waals surface area contributed by atoms with Crippen LogP contribution in [0.5, 0.6) is 0 Å². The highest BCUT2D eigenvalue weighted by atomic mass is 19.4. The predicted molar refractivity (Wildman–Crippen MR) is 124 cm³/mol. The molecule has 0 spiro atoms. The molecule has 12 heteroatoms. The van der Waals surface area contributed by atoms with Gasteiger partial charge in [-0.3, -0.25) is 9.80 Å². The van der Waals surface area contributed by atoms with Crippen molar-refractivity contribution in [2.75, 3.05) is 57.3 Å². The van der Waals surface area contributed by atoms with Gasteiger partial charge >= 0.3 is 18.4 Å². The van der Waals surface area contributed by atoms with Crippen LogP contribution in [0.2, 0.25) is 0 Å². The number of aryl methyl sites for hydroxylation is 1. The number of amides is 1. The first-order valence-corrected chi connectivity index (χ1v) is 12.8. The summed E-state index contributed by atoms with van der Waals surface area (Å²) < 4.78 is 80.3. The molecule has 206 valence electrons. The Bertz CT molecular complexity index is 962. The van der Waals surface area contributed by atoms with Crippen molar-refractivity contribution in [3.05, 3.63) is 29.3 Å². The highest BCUT2D eigenvalue weighted by Gasteiger charge is 2.60. The van der Waals surface area contributed by atoms with Gasteiger partial charge in [-0.05, 0) is 48.8 Å². The third kappa shape index (κ3) is 5.94. The minimum Gasteiger partial charge on any atom is -0.426 e. The van der Waals surface area contributed by atoms with Gasteiger partial charge in [-0.25, -0.2) is 4.79 Å². The molecule has 0 radical (unpaired) electrons. The summed E-state index contributed by atoms with van der Waals surface area (Å²) >= 11 is 0. The number of carbonyl (C=O) groups is 1. The molecular formula is C25H32F6N4O2. The second-order valence-electron chi connectivity index (χ2n) is 10.9. The van der Waals surface area contributed by atoms with Crippen LogP contribution in [0.4, 0.5) is 36.8 Å². The van der Waals surface area contributed by atoms with Gasteiger partial charge in [0.1, 0.15) is 0 Å². The van der Waals surface area contributed by atoms with Crippen molar-refractivity contribution in [1.29, 1.82) is 0 Å². The Labute approximate surface area is 212 Å². The smallest absolute Gasteiger partial charge is 0.426 e. The van der Waals surface area contributed by atoms with E-state index in [9.17, 15) is 31.1 Å². The van der Waals surface area contributed by atoms with Gasteiger partial charge in [0.05, 0.1) is 0 Å². The highest BCUT2D eigenvalue weighted by molar-refractivity contribution is 5.68. The van der Waals surface area contributed by atoms with Gasteiger partial charge in [0.2, 0.25) is 0 Å². The lowest BCUT2D eigenvalue weighted by Crippen LogP contribution is -2.52. The van der Waals surface area contributed by atoms with Crippen molar-refractivity contribution in [1.82, 2.24) is 14.7 Å². The number of hydrogen-bond donors (Lipinski definition) is 0. The van der Waals surface area contributed by atoms with E-state index in [2.05, 4.69) is 38.5 Å². The molecule has 4 fully saturated rings. The SMILES string of the molecule is Cc1ccc(CN2CCN(C(=O)OC(C(F)(F)F)C(F)(F)F)CC2)c(N2CC3CN(C4CC4)CC3C2)c1. The molecule has 1 amide bonds. The average molecular weight is 535 g/mol. The number of rotatable bonds is 5. The van der Waals surface area contributed by atoms with Crippen molar-refractivity contribution < 1.29 is 35.9 Å². The first-order valence-electron chi connectivity index (χ1n) is 12.8. The zero-order valence-corrected chi connectivity index (χ0v) is 20.7. The molecule has 0 aromatic heterocycles. The van der Waals surface area contributed by atoms with Crippen LogP contribution in [0.1, 0.15) is 24.0 Å². The van der Waals surface area contributed by atoms with E-state index in [0.717, 1.165) is 48.2 Å². The number of carbonyl (C=O) groups excluding carboxylic acids is 1. The number of alkyl halides is 6. The maximum Gasteiger partial charge on any atom is 0.434 e. The normalized spacial score (nSPS) is 25.7. The first-order chi connectivity index (χ1) is 17.4. The number of benzene rings is 1. The molecule has 3 aliphatic heterocycles. The largest absolute Gasteiger partial charge is 0.434 e. The maximum absolute atomic E-state index is 12.7. The molecule has 37 heavy (non-hydrogen) atoms. The summed E-state index contributed by atoms with van der Waals surface area (Å²) in [6.07, 6.45) is -14.5. The van der Waals surface area contributed by atoms with Crippen LogP contribution in [0.3, 0.4) is 0 Å². The molecule has 1 aliphatic carbocycles. The van der Waals surface area contributed by atoms with E-state index in [4.69, 9.17) is 0 Å². The van der Waals surface area contributed by atoms with Gasteiger partial charge in [-0.1, -0.05) is 12.1 Å². The lowest BCUT2D eigenvalue weighted by molar-refractivity contribution is -0.308. The van der Waals surface area contributed by atoms with E-state index < -0.39 is 24.5 Å². The topological polar surface area (TPSA) is 39.3 Å². The van der Waals surface area contributed by atoms with Crippen LogP contribution in [0.25, 0.3) is 0 Å². The van der Waals surface area contributed by atoms with Crippen LogP contribution in [-0.4, -0.2) is 97.6 Å². The summed E-state index contributed by atoms with van der Waals surface area (Å²) in [6.45, 7) is 7.64. The Hall–Kier alpha value is -2.21. The monoisotopic (exact) mass is 534 g/mol. The number of nitrogens with zero attached hydrogens (tertiary/aromatic N) is 4. The summed E-state index contributed by atoms with van der Waals surface area (Å²) in [5.74, 6) is 1.33. The molecule has 1 aromatic rings. The van der Waals surface area contributed by atoms with Gasteiger partial charge in [0, 0.05) is 70.6 Å². The van der Waals surface area contributed by atoms with Gasteiger partial charge in [-0.15, -0.1) is 0 Å². The van der Waals surface area contributed by atoms with Crippen molar-refractivity contribution in [3.63, 3.8) is 0 Å². The summed E-state index contributed by atoms with van der Waals surface area (Å²) in [5, 5.41) is 0. The van der Waals surface area contributed by atoms with Gasteiger partial charge < -0.3 is 14.5 Å². The first kappa shape index (κ1) is 26.4. The van der Waals surface area contributed by atoms with Crippen LogP contribution in [-0.2, 0) is 11.3 Å². The molecule has 0 bridgehead atoms. The van der Waals surface area contributed by atoms with Gasteiger partial charge in [0.15, 0.2) is 0 Å². The molecule has 3 heterocycles. The molecule has 5 rings (SSSR count). The van der Waals surface area contributed by atoms with E-state index in [1.807, 2.05) is 6.07 Å². The van der Waals surface area contributed by atoms with Crippen LogP contribution >= 0.6 is 0 Å². The molecule has 1 saturated carbocycles. The van der Waals surface area contributed by atoms with E-state index in [1.165, 1.54) is 18.5 Å². The molecule has 0 N–H and O–H groups in total. The van der Waals surface area contributed by atoms with E-state index >= 15 is 0 Å². The minimum atomic E-state index is -5.72. The molecule has 4 aliphatic rings. The second-order valence-corrected chi connectivity index (χ2v) is 10.9. The number of likely N-dealkylation sites (tertiary alicyclic amines) is 1. The quantitative estimate of drug-likeness (QED) is 0.528. The fourth-order valence-electron chi connectivity index (χ4n) is 5.89. The van der Waals surface area contributed by atoms with Crippen LogP contribution < -0.4 is 4.90 Å². The number of fused-ring (bicyclic) bond motifs is 1. The van der Waals surface area contributed by atoms with Gasteiger partial charge in [-0.2, -0.15) is 26.3 Å². The van der Waals surface area contributed by atoms with Crippen LogP contribution in [0.15, 0.2) is 18.2 Å². The molecule has 2 atom stereocenters. The zero-order valence-electron chi connectivity index (χ0n) is 20.7. The summed E-state index contributed by atoms with van der Waals surface area (Å²) in [4.78, 5) is 20.1. The Morgan fingerprint density at radius 3 is 2.08 bits per heavy atom. The zero-order chi connectivity index (χ0) is 26.5. The average Bonchev–Trinajstić information content (AvgIpc) is 3.47. The standard InChI is InChI=1S/C25H32F6N4O2/c1-16-2-3-17(21(10-16)35-14-18-12-34(20-4-5-20)13-19(18)15-35)11-32-6-8-33(9-7-32)23(36)37-22(24(26,27)28)25(29,30)31/h2-3,10,18-20,22H,4-9,11-15H2,1H3. The lowest BCUT2D eigenvalue weighted by atomic mass is 10.0. The fraction of sp³-hybridized carbons (Fsp3) is 0.720. The third-order valence-corrected chi connectivity index (χ3v) is 8.00. The van der Waals surface area contributed by atoms with Crippen molar-refractivity contribution in [3.8, 4) is 0 Å². The molecule has 1 aromatic carbocycles. The number of ether oxygens (including phenoxy) is 1. The summed E-state index contributed by atoms with van der Waals surface area (Å²) in [5.41, 5.74) is 3.48. The molecule has 6 nitrogen and oxygen atoms in total. The fourth-order valence-corrected chi connectivity index (χ4v) is 5.89. The van der Waals surface area contributed by atoms with E-state index in [1.54, 1.807) is 0 Å². The minimum absolute atomic E-state index is 0.00662. The van der Waals surface area contributed by atoms with Crippen molar-refractivity contribution in [2.45, 2.75) is 50.8 Å². The van der Waals surface area contributed by atoms with Gasteiger partial charge in [0.25, 0.3) is 6.10 Å². The van der Waals surface area contributed by atoms with Crippen molar-refractivity contribution >= 4 is 11.8 Å². The molecular weight excluding hydrogens is 502 g/mol. The maximum atomic E-state index is 12.7. The second kappa shape index (κ2) is 9.83. The number of halogens is 6. The predicted octanol–water partition coefficient (Wildman–Crippen LogP) is 4.27. The Morgan fingerprint density at radius 1 is 0.946 bits per heavy atom. The lowest BCUT2D eigenvalue weighted by Gasteiger charge is -2.36. The number of hydrogen-bond acceptors (Lipinski definition) is 5. The van der Waals surface area contributed by atoms with Crippen LogP contribution in [0, 0.1) is 18.8 Å². The Balaban J connectivity index is 1.17. The summed E-state index contributed by atoms with van der Waals surface area (Å²) in [6, 6.07) is 7.12.